The molecule has 0 bridgehead atoms. The zero-order valence-corrected chi connectivity index (χ0v) is 13.5. The largest absolute Gasteiger partial charge is 0.496 e. The van der Waals surface area contributed by atoms with Gasteiger partial charge in [-0.05, 0) is 37.5 Å². The average molecular weight is 332 g/mol. The van der Waals surface area contributed by atoms with Crippen LogP contribution in [0.15, 0.2) is 4.47 Å². The number of nitrogens with one attached hydrogen (secondary N) is 1. The summed E-state index contributed by atoms with van der Waals surface area (Å²) in [6.45, 7) is 6.53. The fraction of sp³-hybridized carbons (Fsp3) is 0.462. The van der Waals surface area contributed by atoms with E-state index in [0.29, 0.717) is 6.54 Å². The van der Waals surface area contributed by atoms with Crippen molar-refractivity contribution in [3.63, 3.8) is 0 Å². The van der Waals surface area contributed by atoms with E-state index in [1.807, 2.05) is 20.8 Å². The molecule has 0 heterocycles. The first-order chi connectivity index (χ1) is 8.43. The molecular weight excluding hydrogens is 314 g/mol. The summed E-state index contributed by atoms with van der Waals surface area (Å²) in [7, 11) is 1.65. The van der Waals surface area contributed by atoms with Crippen molar-refractivity contribution in [1.29, 1.82) is 0 Å². The molecule has 5 heteroatoms. The number of carbonyl (C=O) groups is 1. The number of halogens is 1. The van der Waals surface area contributed by atoms with Crippen molar-refractivity contribution in [2.24, 2.45) is 0 Å². The van der Waals surface area contributed by atoms with Crippen molar-refractivity contribution in [2.75, 3.05) is 12.9 Å². The van der Waals surface area contributed by atoms with Gasteiger partial charge in [0.2, 0.25) is 5.91 Å². The van der Waals surface area contributed by atoms with Gasteiger partial charge in [-0.15, -0.1) is 0 Å². The van der Waals surface area contributed by atoms with Gasteiger partial charge in [-0.3, -0.25) is 4.79 Å². The van der Waals surface area contributed by atoms with Gasteiger partial charge in [-0.2, -0.15) is 12.6 Å². The second-order valence-corrected chi connectivity index (χ2v) is 5.24. The first-order valence-corrected chi connectivity index (χ1v) is 7.06. The third kappa shape index (κ3) is 3.01. The van der Waals surface area contributed by atoms with E-state index >= 15 is 0 Å². The highest BCUT2D eigenvalue weighted by atomic mass is 79.9. The van der Waals surface area contributed by atoms with Crippen LogP contribution in [0.3, 0.4) is 0 Å². The van der Waals surface area contributed by atoms with E-state index in [0.717, 1.165) is 32.5 Å². The van der Waals surface area contributed by atoms with Crippen molar-refractivity contribution < 1.29 is 9.53 Å². The molecule has 1 rings (SSSR count). The van der Waals surface area contributed by atoms with E-state index in [1.54, 1.807) is 7.11 Å². The normalized spacial score (nSPS) is 10.3. The first-order valence-electron chi connectivity index (χ1n) is 5.63. The lowest BCUT2D eigenvalue weighted by atomic mass is 9.99. The number of hydrogen-bond donors (Lipinski definition) is 2. The van der Waals surface area contributed by atoms with E-state index in [2.05, 4.69) is 33.9 Å². The molecular formula is C13H18BrNO2S. The number of carbonyl (C=O) groups excluding carboxylic acids is 1. The van der Waals surface area contributed by atoms with Crippen LogP contribution in [0.5, 0.6) is 5.75 Å². The van der Waals surface area contributed by atoms with Crippen LogP contribution in [0.4, 0.5) is 0 Å². The fourth-order valence-corrected chi connectivity index (χ4v) is 2.53. The molecule has 0 aliphatic carbocycles. The number of methoxy groups -OCH3 is 1. The number of thiol groups is 1. The van der Waals surface area contributed by atoms with Gasteiger partial charge in [-0.1, -0.05) is 15.9 Å². The summed E-state index contributed by atoms with van der Waals surface area (Å²) in [5, 5.41) is 2.82. The molecule has 1 N–H and O–H groups in total. The lowest BCUT2D eigenvalue weighted by molar-refractivity contribution is -0.118. The number of hydrogen-bond acceptors (Lipinski definition) is 3. The zero-order valence-electron chi connectivity index (χ0n) is 11.1. The lowest BCUT2D eigenvalue weighted by Crippen LogP contribution is -2.24. The van der Waals surface area contributed by atoms with Gasteiger partial charge in [0.05, 0.1) is 12.9 Å². The van der Waals surface area contributed by atoms with E-state index < -0.39 is 0 Å². The third-order valence-corrected chi connectivity index (χ3v) is 4.58. The summed E-state index contributed by atoms with van der Waals surface area (Å²) in [5.41, 5.74) is 4.34. The Morgan fingerprint density at radius 3 is 2.39 bits per heavy atom. The Balaban J connectivity index is 3.20. The second-order valence-electron chi connectivity index (χ2n) is 4.14. The maximum atomic E-state index is 11.3. The Labute approximate surface area is 122 Å². The standard InChI is InChI=1S/C13H18BrNO2S/c1-7-8(2)13(17-4)10(9(3)12(7)14)5-15-11(16)6-18/h18H,5-6H2,1-4H3,(H,15,16). The molecule has 1 amide bonds. The van der Waals surface area contributed by atoms with Crippen LogP contribution in [0, 0.1) is 20.8 Å². The van der Waals surface area contributed by atoms with Crippen molar-refractivity contribution in [3.05, 3.63) is 26.7 Å². The lowest BCUT2D eigenvalue weighted by Gasteiger charge is -2.19. The van der Waals surface area contributed by atoms with Gasteiger partial charge in [0.1, 0.15) is 5.75 Å². The molecule has 0 aromatic heterocycles. The monoisotopic (exact) mass is 331 g/mol. The fourth-order valence-electron chi connectivity index (χ4n) is 1.88. The SMILES string of the molecule is COc1c(C)c(C)c(Br)c(C)c1CNC(=O)CS. The molecule has 0 radical (unpaired) electrons. The summed E-state index contributed by atoms with van der Waals surface area (Å²) < 4.78 is 6.53. The van der Waals surface area contributed by atoms with E-state index in [-0.39, 0.29) is 11.7 Å². The molecule has 1 aromatic carbocycles. The molecule has 0 unspecified atom stereocenters. The van der Waals surface area contributed by atoms with Crippen LogP contribution in [-0.2, 0) is 11.3 Å². The summed E-state index contributed by atoms with van der Waals surface area (Å²) in [5.74, 6) is 0.940. The van der Waals surface area contributed by atoms with E-state index in [1.165, 1.54) is 0 Å². The van der Waals surface area contributed by atoms with Crippen LogP contribution >= 0.6 is 28.6 Å². The highest BCUT2D eigenvalue weighted by Crippen LogP contribution is 2.35. The Morgan fingerprint density at radius 2 is 1.89 bits per heavy atom. The van der Waals surface area contributed by atoms with Crippen molar-refractivity contribution in [1.82, 2.24) is 5.32 Å². The topological polar surface area (TPSA) is 38.3 Å². The van der Waals surface area contributed by atoms with Gasteiger partial charge in [-0.25, -0.2) is 0 Å². The maximum Gasteiger partial charge on any atom is 0.229 e. The molecule has 0 aliphatic rings. The molecule has 0 saturated heterocycles. The molecule has 1 aromatic rings. The molecule has 0 saturated carbocycles. The highest BCUT2D eigenvalue weighted by Gasteiger charge is 2.16. The van der Waals surface area contributed by atoms with Gasteiger partial charge in [0.25, 0.3) is 0 Å². The van der Waals surface area contributed by atoms with Crippen molar-refractivity contribution in [2.45, 2.75) is 27.3 Å². The predicted octanol–water partition coefficient (Wildman–Crippen LogP) is 2.93. The Bertz CT molecular complexity index is 475. The molecule has 0 aliphatic heterocycles. The molecule has 0 fully saturated rings. The first kappa shape index (κ1) is 15.4. The van der Waals surface area contributed by atoms with Crippen molar-refractivity contribution >= 4 is 34.5 Å². The zero-order chi connectivity index (χ0) is 13.9. The summed E-state index contributed by atoms with van der Waals surface area (Å²) >= 11 is 7.53. The Morgan fingerprint density at radius 1 is 1.28 bits per heavy atom. The van der Waals surface area contributed by atoms with Crippen LogP contribution in [0.25, 0.3) is 0 Å². The van der Waals surface area contributed by atoms with Gasteiger partial charge in [0, 0.05) is 16.6 Å². The summed E-state index contributed by atoms with van der Waals surface area (Å²) in [4.78, 5) is 11.3. The van der Waals surface area contributed by atoms with Gasteiger partial charge >= 0.3 is 0 Å². The minimum atomic E-state index is -0.0888. The summed E-state index contributed by atoms with van der Waals surface area (Å²) in [6, 6.07) is 0. The molecule has 0 spiro atoms. The van der Waals surface area contributed by atoms with Crippen LogP contribution in [0.1, 0.15) is 22.3 Å². The molecule has 3 nitrogen and oxygen atoms in total. The number of ether oxygens (including phenoxy) is 1. The van der Waals surface area contributed by atoms with Crippen LogP contribution in [-0.4, -0.2) is 18.8 Å². The number of rotatable bonds is 4. The Hall–Kier alpha value is -0.680. The third-order valence-electron chi connectivity index (χ3n) is 3.10. The molecule has 100 valence electrons. The predicted molar refractivity (Wildman–Crippen MR) is 80.6 cm³/mol. The number of benzene rings is 1. The van der Waals surface area contributed by atoms with E-state index in [4.69, 9.17) is 4.74 Å². The number of amides is 1. The quantitative estimate of drug-likeness (QED) is 0.832. The summed E-state index contributed by atoms with van der Waals surface area (Å²) in [6.07, 6.45) is 0. The minimum absolute atomic E-state index is 0.0888. The van der Waals surface area contributed by atoms with Crippen LogP contribution in [0.2, 0.25) is 0 Å². The van der Waals surface area contributed by atoms with E-state index in [9.17, 15) is 4.79 Å². The minimum Gasteiger partial charge on any atom is -0.496 e. The smallest absolute Gasteiger partial charge is 0.229 e. The Kier molecular flexibility index (Phi) is 5.53. The van der Waals surface area contributed by atoms with Crippen molar-refractivity contribution in [3.8, 4) is 5.75 Å². The molecule has 0 atom stereocenters. The van der Waals surface area contributed by atoms with Gasteiger partial charge < -0.3 is 10.1 Å². The van der Waals surface area contributed by atoms with Gasteiger partial charge in [0.15, 0.2) is 0 Å². The average Bonchev–Trinajstić information content (AvgIpc) is 2.38. The second kappa shape index (κ2) is 6.48. The maximum absolute atomic E-state index is 11.3. The van der Waals surface area contributed by atoms with Crippen LogP contribution < -0.4 is 10.1 Å². The highest BCUT2D eigenvalue weighted by molar-refractivity contribution is 9.10. The molecule has 18 heavy (non-hydrogen) atoms.